The zero-order valence-corrected chi connectivity index (χ0v) is 17.0. The molecule has 1 fully saturated rings. The lowest BCUT2D eigenvalue weighted by atomic mass is 10.1. The number of amides is 1. The van der Waals surface area contributed by atoms with E-state index in [2.05, 4.69) is 5.32 Å². The fourth-order valence-corrected chi connectivity index (χ4v) is 4.72. The number of hydrogen-bond donors (Lipinski definition) is 1. The molecule has 2 aromatic rings. The molecule has 7 heteroatoms. The van der Waals surface area contributed by atoms with Gasteiger partial charge in [0.05, 0.1) is 12.5 Å². The zero-order chi connectivity index (χ0) is 19.1. The number of ether oxygens (including phenoxy) is 1. The van der Waals surface area contributed by atoms with E-state index in [1.807, 2.05) is 38.1 Å². The summed E-state index contributed by atoms with van der Waals surface area (Å²) in [7, 11) is 0. The Hall–Kier alpha value is -1.56. The molecule has 0 bridgehead atoms. The van der Waals surface area contributed by atoms with Gasteiger partial charge < -0.3 is 10.1 Å². The molecule has 3 rings (SSSR count). The summed E-state index contributed by atoms with van der Waals surface area (Å²) < 4.78 is 6.26. The van der Waals surface area contributed by atoms with E-state index in [0.29, 0.717) is 10.6 Å². The number of benzene rings is 1. The van der Waals surface area contributed by atoms with Gasteiger partial charge in [-0.2, -0.15) is 0 Å². The SMILES string of the molecule is CCOC(=O)c1c(NC(=O)[C@@H]2[C@H](C=C(Cl)Cl)C2(C)C)sc2ccccc12. The van der Waals surface area contributed by atoms with E-state index < -0.39 is 5.97 Å². The maximum Gasteiger partial charge on any atom is 0.341 e. The molecule has 1 aromatic heterocycles. The van der Waals surface area contributed by atoms with Crippen molar-refractivity contribution in [2.75, 3.05) is 11.9 Å². The predicted octanol–water partition coefficient (Wildman–Crippen LogP) is 5.61. The number of anilines is 1. The smallest absolute Gasteiger partial charge is 0.341 e. The van der Waals surface area contributed by atoms with Crippen LogP contribution in [-0.4, -0.2) is 18.5 Å². The number of rotatable bonds is 5. The van der Waals surface area contributed by atoms with E-state index in [9.17, 15) is 9.59 Å². The van der Waals surface area contributed by atoms with E-state index in [0.717, 1.165) is 10.1 Å². The molecule has 1 aliphatic rings. The Balaban J connectivity index is 1.92. The van der Waals surface area contributed by atoms with Crippen molar-refractivity contribution < 1.29 is 14.3 Å². The topological polar surface area (TPSA) is 55.4 Å². The molecular weight excluding hydrogens is 393 g/mol. The van der Waals surface area contributed by atoms with Crippen LogP contribution < -0.4 is 5.32 Å². The molecular formula is C19H19Cl2NO3S. The van der Waals surface area contributed by atoms with Crippen LogP contribution in [0, 0.1) is 17.3 Å². The number of carbonyl (C=O) groups excluding carboxylic acids is 2. The van der Waals surface area contributed by atoms with Gasteiger partial charge in [-0.25, -0.2) is 4.79 Å². The van der Waals surface area contributed by atoms with Crippen molar-refractivity contribution in [2.24, 2.45) is 17.3 Å². The van der Waals surface area contributed by atoms with E-state index in [1.54, 1.807) is 13.0 Å². The number of thiophene rings is 1. The van der Waals surface area contributed by atoms with Crippen LogP contribution >= 0.6 is 34.5 Å². The minimum Gasteiger partial charge on any atom is -0.462 e. The Morgan fingerprint density at radius 2 is 2.00 bits per heavy atom. The van der Waals surface area contributed by atoms with E-state index in [-0.39, 0.29) is 34.3 Å². The number of halogens is 2. The first-order valence-corrected chi connectivity index (χ1v) is 9.87. The molecule has 1 aliphatic carbocycles. The van der Waals surface area contributed by atoms with Crippen molar-refractivity contribution in [1.29, 1.82) is 0 Å². The first-order chi connectivity index (χ1) is 12.3. The molecule has 0 unspecified atom stereocenters. The lowest BCUT2D eigenvalue weighted by molar-refractivity contribution is -0.118. The van der Waals surface area contributed by atoms with Gasteiger partial charge in [0.1, 0.15) is 15.1 Å². The lowest BCUT2D eigenvalue weighted by Crippen LogP contribution is -2.18. The lowest BCUT2D eigenvalue weighted by Gasteiger charge is -2.07. The highest BCUT2D eigenvalue weighted by Crippen LogP contribution is 2.60. The second kappa shape index (κ2) is 7.22. The maximum atomic E-state index is 12.8. The second-order valence-corrected chi connectivity index (χ2v) is 8.85. The summed E-state index contributed by atoms with van der Waals surface area (Å²) in [6.07, 6.45) is 1.70. The van der Waals surface area contributed by atoms with Crippen molar-refractivity contribution in [3.8, 4) is 0 Å². The van der Waals surface area contributed by atoms with Gasteiger partial charge in [0.2, 0.25) is 5.91 Å². The molecule has 1 saturated carbocycles. The maximum absolute atomic E-state index is 12.8. The number of nitrogens with one attached hydrogen (secondary N) is 1. The summed E-state index contributed by atoms with van der Waals surface area (Å²) in [5.41, 5.74) is 0.168. The first-order valence-electron chi connectivity index (χ1n) is 8.29. The Bertz CT molecular complexity index is 899. The third kappa shape index (κ3) is 3.48. The van der Waals surface area contributed by atoms with Crippen LogP contribution in [-0.2, 0) is 9.53 Å². The average molecular weight is 412 g/mol. The van der Waals surface area contributed by atoms with E-state index >= 15 is 0 Å². The molecule has 1 amide bonds. The van der Waals surface area contributed by atoms with Crippen molar-refractivity contribution in [3.63, 3.8) is 0 Å². The van der Waals surface area contributed by atoms with Crippen molar-refractivity contribution >= 4 is 61.5 Å². The quantitative estimate of drug-likeness (QED) is 0.650. The molecule has 1 aromatic carbocycles. The fourth-order valence-electron chi connectivity index (χ4n) is 3.35. The molecule has 0 aliphatic heterocycles. The van der Waals surface area contributed by atoms with Gasteiger partial charge in [0.15, 0.2) is 0 Å². The molecule has 4 nitrogen and oxygen atoms in total. The monoisotopic (exact) mass is 411 g/mol. The molecule has 138 valence electrons. The molecule has 2 atom stereocenters. The van der Waals surface area contributed by atoms with Crippen molar-refractivity contribution in [3.05, 3.63) is 40.4 Å². The largest absolute Gasteiger partial charge is 0.462 e. The molecule has 0 spiro atoms. The Morgan fingerprint density at radius 3 is 2.65 bits per heavy atom. The van der Waals surface area contributed by atoms with Crippen LogP contribution in [0.1, 0.15) is 31.1 Å². The van der Waals surface area contributed by atoms with Gasteiger partial charge in [-0.3, -0.25) is 4.79 Å². The molecule has 1 heterocycles. The Morgan fingerprint density at radius 1 is 1.31 bits per heavy atom. The van der Waals surface area contributed by atoms with E-state index in [4.69, 9.17) is 27.9 Å². The van der Waals surface area contributed by atoms with Crippen molar-refractivity contribution in [1.82, 2.24) is 0 Å². The summed E-state index contributed by atoms with van der Waals surface area (Å²) in [5, 5.41) is 4.21. The summed E-state index contributed by atoms with van der Waals surface area (Å²) in [4.78, 5) is 25.3. The number of fused-ring (bicyclic) bond motifs is 1. The van der Waals surface area contributed by atoms with Crippen LogP contribution in [0.25, 0.3) is 10.1 Å². The number of esters is 1. The fraction of sp³-hybridized carbons (Fsp3) is 0.368. The van der Waals surface area contributed by atoms with Gasteiger partial charge in [-0.05, 0) is 30.4 Å². The Kier molecular flexibility index (Phi) is 5.33. The van der Waals surface area contributed by atoms with Crippen LogP contribution in [0.5, 0.6) is 0 Å². The minimum absolute atomic E-state index is 0.0343. The second-order valence-electron chi connectivity index (χ2n) is 6.79. The summed E-state index contributed by atoms with van der Waals surface area (Å²) in [6, 6.07) is 7.52. The predicted molar refractivity (Wildman–Crippen MR) is 107 cm³/mol. The molecule has 1 N–H and O–H groups in total. The van der Waals surface area contributed by atoms with Gasteiger partial charge >= 0.3 is 5.97 Å². The van der Waals surface area contributed by atoms with Crippen molar-refractivity contribution in [2.45, 2.75) is 20.8 Å². The van der Waals surface area contributed by atoms with Gasteiger partial charge in [-0.15, -0.1) is 11.3 Å². The van der Waals surface area contributed by atoms with Crippen LogP contribution in [0.2, 0.25) is 0 Å². The zero-order valence-electron chi connectivity index (χ0n) is 14.6. The first kappa shape index (κ1) is 19.2. The van der Waals surface area contributed by atoms with Gasteiger partial charge in [0.25, 0.3) is 0 Å². The third-order valence-electron chi connectivity index (χ3n) is 4.81. The van der Waals surface area contributed by atoms with Crippen LogP contribution in [0.3, 0.4) is 0 Å². The van der Waals surface area contributed by atoms with Gasteiger partial charge in [-0.1, -0.05) is 55.2 Å². The highest BCUT2D eigenvalue weighted by Gasteiger charge is 2.60. The summed E-state index contributed by atoms with van der Waals surface area (Å²) in [5.74, 6) is -0.873. The highest BCUT2D eigenvalue weighted by molar-refractivity contribution is 7.23. The van der Waals surface area contributed by atoms with Crippen LogP contribution in [0.4, 0.5) is 5.00 Å². The standard InChI is InChI=1S/C19H19Cl2NO3S/c1-4-25-18(24)14-10-7-5-6-8-12(10)26-17(14)22-16(23)15-11(9-13(20)21)19(15,2)3/h5-9,11,15H,4H2,1-3H3,(H,22,23)/t11-,15-/m0/s1. The molecule has 0 radical (unpaired) electrons. The number of allylic oxidation sites excluding steroid dienone is 1. The molecule has 26 heavy (non-hydrogen) atoms. The number of carbonyl (C=O) groups is 2. The summed E-state index contributed by atoms with van der Waals surface area (Å²) in [6.45, 7) is 6.01. The van der Waals surface area contributed by atoms with Gasteiger partial charge in [0, 0.05) is 10.1 Å². The average Bonchev–Trinajstić information content (AvgIpc) is 2.92. The molecule has 0 saturated heterocycles. The number of hydrogen-bond acceptors (Lipinski definition) is 4. The summed E-state index contributed by atoms with van der Waals surface area (Å²) >= 11 is 12.9. The highest BCUT2D eigenvalue weighted by atomic mass is 35.5. The van der Waals surface area contributed by atoms with E-state index in [1.165, 1.54) is 11.3 Å². The minimum atomic E-state index is -0.435. The third-order valence-corrected chi connectivity index (χ3v) is 6.15. The normalized spacial score (nSPS) is 20.5. The van der Waals surface area contributed by atoms with Crippen LogP contribution in [0.15, 0.2) is 34.8 Å². The Labute approximate surface area is 166 Å².